The average molecular weight is 433 g/mol. The Bertz CT molecular complexity index is 1220. The zero-order valence-corrected chi connectivity index (χ0v) is 18.2. The molecule has 1 atom stereocenters. The van der Waals surface area contributed by atoms with Crippen molar-refractivity contribution in [2.45, 2.75) is 39.8 Å². The van der Waals surface area contributed by atoms with Gasteiger partial charge in [-0.15, -0.1) is 10.2 Å². The van der Waals surface area contributed by atoms with Gasteiger partial charge in [0.15, 0.2) is 5.82 Å². The molecule has 0 aliphatic rings. The van der Waals surface area contributed by atoms with Crippen molar-refractivity contribution in [2.24, 2.45) is 0 Å². The van der Waals surface area contributed by atoms with Gasteiger partial charge in [0, 0.05) is 6.20 Å². The minimum absolute atomic E-state index is 0.00788. The molecular formula is C24H25FN6O. The van der Waals surface area contributed by atoms with Crippen molar-refractivity contribution in [3.63, 3.8) is 0 Å². The van der Waals surface area contributed by atoms with Crippen LogP contribution in [0.5, 0.6) is 0 Å². The Kier molecular flexibility index (Phi) is 6.23. The number of rotatable bonds is 7. The van der Waals surface area contributed by atoms with E-state index in [1.807, 2.05) is 42.8 Å². The van der Waals surface area contributed by atoms with Gasteiger partial charge in [-0.3, -0.25) is 0 Å². The van der Waals surface area contributed by atoms with Gasteiger partial charge in [-0.2, -0.15) is 0 Å². The number of aryl methyl sites for hydroxylation is 2. The summed E-state index contributed by atoms with van der Waals surface area (Å²) < 4.78 is 15.1. The second-order valence-corrected chi connectivity index (χ2v) is 7.66. The van der Waals surface area contributed by atoms with Crippen LogP contribution in [0.3, 0.4) is 0 Å². The summed E-state index contributed by atoms with van der Waals surface area (Å²) in [5, 5.41) is 22.0. The van der Waals surface area contributed by atoms with E-state index < -0.39 is 0 Å². The zero-order valence-electron chi connectivity index (χ0n) is 18.2. The SMILES string of the molecule is CC[C@H](Nc1nnc(-c2ccc(-n3cnc(C)c3)c(CO)n2)cc1C)c1ccc(F)cc1. The highest BCUT2D eigenvalue weighted by molar-refractivity contribution is 5.60. The first-order chi connectivity index (χ1) is 15.5. The first kappa shape index (κ1) is 21.6. The molecule has 1 aromatic carbocycles. The second kappa shape index (κ2) is 9.23. The largest absolute Gasteiger partial charge is 0.390 e. The molecule has 3 heterocycles. The second-order valence-electron chi connectivity index (χ2n) is 7.66. The van der Waals surface area contributed by atoms with E-state index in [1.165, 1.54) is 12.1 Å². The molecule has 7 nitrogen and oxygen atoms in total. The van der Waals surface area contributed by atoms with E-state index >= 15 is 0 Å². The number of halogens is 1. The van der Waals surface area contributed by atoms with Crippen molar-refractivity contribution in [1.82, 2.24) is 24.7 Å². The first-order valence-corrected chi connectivity index (χ1v) is 10.5. The van der Waals surface area contributed by atoms with Crippen LogP contribution in [0, 0.1) is 19.7 Å². The number of anilines is 1. The van der Waals surface area contributed by atoms with E-state index in [0.717, 1.165) is 28.9 Å². The summed E-state index contributed by atoms with van der Waals surface area (Å²) in [5.41, 5.74) is 5.33. The number of pyridine rings is 1. The maximum atomic E-state index is 13.3. The van der Waals surface area contributed by atoms with Gasteiger partial charge in [0.25, 0.3) is 0 Å². The Morgan fingerprint density at radius 3 is 2.47 bits per heavy atom. The molecule has 164 valence electrons. The van der Waals surface area contributed by atoms with Crippen LogP contribution in [0.1, 0.15) is 41.9 Å². The van der Waals surface area contributed by atoms with E-state index in [4.69, 9.17) is 0 Å². The quantitative estimate of drug-likeness (QED) is 0.446. The van der Waals surface area contributed by atoms with Crippen molar-refractivity contribution < 1.29 is 9.50 Å². The van der Waals surface area contributed by atoms with E-state index in [1.54, 1.807) is 18.5 Å². The lowest BCUT2D eigenvalue weighted by Gasteiger charge is -2.19. The molecule has 4 rings (SSSR count). The third-order valence-electron chi connectivity index (χ3n) is 5.33. The van der Waals surface area contributed by atoms with Gasteiger partial charge in [0.2, 0.25) is 0 Å². The number of aromatic nitrogens is 5. The van der Waals surface area contributed by atoms with Crippen molar-refractivity contribution >= 4 is 5.82 Å². The Hall–Kier alpha value is -3.65. The lowest BCUT2D eigenvalue weighted by molar-refractivity contribution is 0.276. The van der Waals surface area contributed by atoms with Crippen LogP contribution in [-0.4, -0.2) is 29.8 Å². The van der Waals surface area contributed by atoms with Crippen LogP contribution in [0.25, 0.3) is 17.1 Å². The topological polar surface area (TPSA) is 88.8 Å². The monoisotopic (exact) mass is 432 g/mol. The van der Waals surface area contributed by atoms with Crippen molar-refractivity contribution in [3.05, 3.63) is 83.3 Å². The number of aliphatic hydroxyl groups excluding tert-OH is 1. The fourth-order valence-electron chi connectivity index (χ4n) is 3.58. The van der Waals surface area contributed by atoms with E-state index in [0.29, 0.717) is 22.9 Å². The maximum Gasteiger partial charge on any atom is 0.152 e. The predicted octanol–water partition coefficient (Wildman–Crippen LogP) is 4.54. The minimum Gasteiger partial charge on any atom is -0.390 e. The molecule has 0 amide bonds. The summed E-state index contributed by atoms with van der Waals surface area (Å²) in [4.78, 5) is 8.83. The van der Waals surface area contributed by atoms with Crippen molar-refractivity contribution in [2.75, 3.05) is 5.32 Å². The van der Waals surface area contributed by atoms with Crippen LogP contribution in [0.4, 0.5) is 10.2 Å². The van der Waals surface area contributed by atoms with Crippen LogP contribution < -0.4 is 5.32 Å². The molecule has 0 aliphatic heterocycles. The molecule has 3 aromatic heterocycles. The highest BCUT2D eigenvalue weighted by Gasteiger charge is 2.15. The molecule has 0 saturated carbocycles. The first-order valence-electron chi connectivity index (χ1n) is 10.5. The molecule has 0 fully saturated rings. The number of imidazole rings is 1. The molecule has 2 N–H and O–H groups in total. The smallest absolute Gasteiger partial charge is 0.152 e. The summed E-state index contributed by atoms with van der Waals surface area (Å²) in [6, 6.07) is 12.1. The molecule has 0 saturated heterocycles. The lowest BCUT2D eigenvalue weighted by Crippen LogP contribution is -2.13. The molecule has 0 spiro atoms. The predicted molar refractivity (Wildman–Crippen MR) is 121 cm³/mol. The summed E-state index contributed by atoms with van der Waals surface area (Å²) in [5.74, 6) is 0.408. The molecular weight excluding hydrogens is 407 g/mol. The number of benzene rings is 1. The van der Waals surface area contributed by atoms with Gasteiger partial charge in [-0.1, -0.05) is 19.1 Å². The van der Waals surface area contributed by atoms with Crippen LogP contribution >= 0.6 is 0 Å². The third-order valence-corrected chi connectivity index (χ3v) is 5.33. The number of nitrogens with zero attached hydrogens (tertiary/aromatic N) is 5. The zero-order chi connectivity index (χ0) is 22.7. The molecule has 32 heavy (non-hydrogen) atoms. The van der Waals surface area contributed by atoms with E-state index in [9.17, 15) is 9.50 Å². The molecule has 0 unspecified atom stereocenters. The fourth-order valence-corrected chi connectivity index (χ4v) is 3.58. The standard InChI is InChI=1S/C24H25FN6O/c1-4-19(17-5-7-18(25)8-6-17)28-24-15(2)11-21(29-30-24)20-9-10-23(22(13-32)27-20)31-12-16(3)26-14-31/h5-12,14,19,32H,4,13H2,1-3H3,(H,28,30)/t19-/m0/s1. The summed E-state index contributed by atoms with van der Waals surface area (Å²) >= 11 is 0. The Morgan fingerprint density at radius 2 is 1.84 bits per heavy atom. The minimum atomic E-state index is -0.257. The average Bonchev–Trinajstić information content (AvgIpc) is 3.24. The van der Waals surface area contributed by atoms with Gasteiger partial charge in [-0.05, 0) is 61.7 Å². The van der Waals surface area contributed by atoms with Crippen LogP contribution in [0.2, 0.25) is 0 Å². The maximum absolute atomic E-state index is 13.3. The van der Waals surface area contributed by atoms with Crippen molar-refractivity contribution in [1.29, 1.82) is 0 Å². The third kappa shape index (κ3) is 4.50. The van der Waals surface area contributed by atoms with Gasteiger partial charge in [0.1, 0.15) is 11.5 Å². The molecule has 0 aliphatic carbocycles. The lowest BCUT2D eigenvalue weighted by atomic mass is 10.0. The molecule has 0 bridgehead atoms. The molecule has 8 heteroatoms. The molecule has 4 aromatic rings. The van der Waals surface area contributed by atoms with Crippen molar-refractivity contribution in [3.8, 4) is 17.1 Å². The number of hydrogen-bond donors (Lipinski definition) is 2. The van der Waals surface area contributed by atoms with Gasteiger partial charge in [-0.25, -0.2) is 14.4 Å². The normalized spacial score (nSPS) is 12.0. The summed E-state index contributed by atoms with van der Waals surface area (Å²) in [6.45, 7) is 5.71. The van der Waals surface area contributed by atoms with E-state index in [-0.39, 0.29) is 18.5 Å². The highest BCUT2D eigenvalue weighted by atomic mass is 19.1. The number of nitrogens with one attached hydrogen (secondary N) is 1. The molecule has 0 radical (unpaired) electrons. The summed E-state index contributed by atoms with van der Waals surface area (Å²) in [6.07, 6.45) is 4.39. The number of aliphatic hydroxyl groups is 1. The Labute approximate surface area is 186 Å². The van der Waals surface area contributed by atoms with Crippen LogP contribution in [0.15, 0.2) is 55.0 Å². The van der Waals surface area contributed by atoms with Gasteiger partial charge >= 0.3 is 0 Å². The van der Waals surface area contributed by atoms with E-state index in [2.05, 4.69) is 32.4 Å². The number of hydrogen-bond acceptors (Lipinski definition) is 6. The Morgan fingerprint density at radius 1 is 1.06 bits per heavy atom. The van der Waals surface area contributed by atoms with Gasteiger partial charge < -0.3 is 15.0 Å². The Balaban J connectivity index is 1.59. The van der Waals surface area contributed by atoms with Crippen LogP contribution in [-0.2, 0) is 6.61 Å². The van der Waals surface area contributed by atoms with Gasteiger partial charge in [0.05, 0.1) is 41.7 Å². The highest BCUT2D eigenvalue weighted by Crippen LogP contribution is 2.26. The summed E-state index contributed by atoms with van der Waals surface area (Å²) in [7, 11) is 0. The fraction of sp³-hybridized carbons (Fsp3) is 0.250.